The lowest BCUT2D eigenvalue weighted by Gasteiger charge is -1.93. The molecule has 0 unspecified atom stereocenters. The average Bonchev–Trinajstić information content (AvgIpc) is 2.83. The predicted molar refractivity (Wildman–Crippen MR) is 43.3 cm³/mol. The maximum absolute atomic E-state index is 8.08. The molecule has 1 aliphatic carbocycles. The Morgan fingerprint density at radius 3 is 3.25 bits per heavy atom. The zero-order chi connectivity index (χ0) is 8.39. The Morgan fingerprint density at radius 2 is 2.58 bits per heavy atom. The molecule has 0 aliphatic heterocycles. The van der Waals surface area contributed by atoms with Crippen LogP contribution in [0.25, 0.3) is 10.4 Å². The van der Waals surface area contributed by atoms with Crippen LogP contribution in [0.15, 0.2) is 17.4 Å². The van der Waals surface area contributed by atoms with Crippen molar-refractivity contribution in [3.05, 3.63) is 28.4 Å². The second-order valence-electron chi connectivity index (χ2n) is 2.91. The molecule has 0 aromatic carbocycles. The van der Waals surface area contributed by atoms with Gasteiger partial charge in [-0.15, -0.1) is 0 Å². The molecule has 1 saturated carbocycles. The summed E-state index contributed by atoms with van der Waals surface area (Å²) < 4.78 is 1.95. The summed E-state index contributed by atoms with van der Waals surface area (Å²) in [6.45, 7) is 0.357. The largest absolute Gasteiger partial charge is 0.269 e. The number of nitrogens with zero attached hydrogens (tertiary/aromatic N) is 5. The van der Waals surface area contributed by atoms with Crippen LogP contribution in [0, 0.1) is 0 Å². The van der Waals surface area contributed by atoms with Crippen molar-refractivity contribution in [1.29, 1.82) is 0 Å². The molecular formula is C7H9N5. The number of azide groups is 1. The van der Waals surface area contributed by atoms with Crippen molar-refractivity contribution in [3.8, 4) is 0 Å². The van der Waals surface area contributed by atoms with E-state index in [1.165, 1.54) is 12.8 Å². The van der Waals surface area contributed by atoms with Crippen LogP contribution in [-0.2, 0) is 6.54 Å². The molecule has 12 heavy (non-hydrogen) atoms. The fourth-order valence-corrected chi connectivity index (χ4v) is 1.11. The Kier molecular flexibility index (Phi) is 1.72. The lowest BCUT2D eigenvalue weighted by Crippen LogP contribution is -1.94. The third-order valence-electron chi connectivity index (χ3n) is 1.88. The summed E-state index contributed by atoms with van der Waals surface area (Å²) in [5.41, 5.74) is 8.93. The predicted octanol–water partition coefficient (Wildman–Crippen LogP) is 2.03. The highest BCUT2D eigenvalue weighted by Gasteiger charge is 2.23. The first-order valence-corrected chi connectivity index (χ1v) is 3.95. The molecular weight excluding hydrogens is 154 g/mol. The Bertz CT molecular complexity index is 318. The van der Waals surface area contributed by atoms with E-state index >= 15 is 0 Å². The minimum Gasteiger partial charge on any atom is -0.269 e. The summed E-state index contributed by atoms with van der Waals surface area (Å²) in [6, 6.07) is 2.50. The average molecular weight is 163 g/mol. The highest BCUT2D eigenvalue weighted by Crippen LogP contribution is 2.33. The van der Waals surface area contributed by atoms with Gasteiger partial charge in [0, 0.05) is 11.1 Å². The van der Waals surface area contributed by atoms with E-state index in [2.05, 4.69) is 15.1 Å². The van der Waals surface area contributed by atoms with Crippen LogP contribution in [-0.4, -0.2) is 9.78 Å². The van der Waals surface area contributed by atoms with Gasteiger partial charge in [-0.1, -0.05) is 5.11 Å². The first kappa shape index (κ1) is 7.18. The molecule has 0 saturated heterocycles. The molecule has 1 heterocycles. The number of hydrogen-bond acceptors (Lipinski definition) is 2. The third-order valence-corrected chi connectivity index (χ3v) is 1.88. The molecule has 0 bridgehead atoms. The van der Waals surface area contributed by atoms with Crippen LogP contribution in [0.1, 0.15) is 24.6 Å². The van der Waals surface area contributed by atoms with Gasteiger partial charge in [-0.05, 0) is 24.4 Å². The summed E-state index contributed by atoms with van der Waals surface area (Å²) >= 11 is 0. The molecule has 0 radical (unpaired) electrons. The summed E-state index contributed by atoms with van der Waals surface area (Å²) in [4.78, 5) is 2.68. The second kappa shape index (κ2) is 2.87. The van der Waals surface area contributed by atoms with E-state index in [-0.39, 0.29) is 0 Å². The lowest BCUT2D eigenvalue weighted by molar-refractivity contribution is 0.630. The van der Waals surface area contributed by atoms with Crippen LogP contribution in [0.3, 0.4) is 0 Å². The Labute approximate surface area is 69.6 Å². The van der Waals surface area contributed by atoms with Crippen molar-refractivity contribution in [2.75, 3.05) is 0 Å². The van der Waals surface area contributed by atoms with Crippen molar-refractivity contribution in [1.82, 2.24) is 9.78 Å². The minimum atomic E-state index is 0.357. The molecule has 1 aromatic rings. The van der Waals surface area contributed by atoms with Crippen LogP contribution in [0.5, 0.6) is 0 Å². The second-order valence-corrected chi connectivity index (χ2v) is 2.91. The number of aromatic nitrogens is 2. The normalized spacial score (nSPS) is 15.7. The Balaban J connectivity index is 2.07. The number of rotatable bonds is 3. The van der Waals surface area contributed by atoms with Gasteiger partial charge >= 0.3 is 0 Å². The lowest BCUT2D eigenvalue weighted by atomic mass is 10.4. The van der Waals surface area contributed by atoms with Crippen molar-refractivity contribution >= 4 is 0 Å². The van der Waals surface area contributed by atoms with Crippen molar-refractivity contribution < 1.29 is 0 Å². The quantitative estimate of drug-likeness (QED) is 0.382. The van der Waals surface area contributed by atoms with Crippen molar-refractivity contribution in [3.63, 3.8) is 0 Å². The van der Waals surface area contributed by atoms with E-state index in [1.54, 1.807) is 0 Å². The highest BCUT2D eigenvalue weighted by molar-refractivity contribution is 5.01. The summed E-state index contributed by atoms with van der Waals surface area (Å²) in [5.74, 6) is 0. The van der Waals surface area contributed by atoms with Gasteiger partial charge in [0.05, 0.1) is 18.3 Å². The molecule has 62 valence electrons. The van der Waals surface area contributed by atoms with Gasteiger partial charge in [-0.25, -0.2) is 0 Å². The summed E-state index contributed by atoms with van der Waals surface area (Å²) in [5, 5.41) is 7.70. The maximum atomic E-state index is 8.08. The van der Waals surface area contributed by atoms with Gasteiger partial charge in [0.1, 0.15) is 0 Å². The van der Waals surface area contributed by atoms with Crippen LogP contribution in [0.4, 0.5) is 0 Å². The molecule has 2 rings (SSSR count). The van der Waals surface area contributed by atoms with E-state index in [9.17, 15) is 0 Å². The van der Waals surface area contributed by atoms with Gasteiger partial charge in [0.15, 0.2) is 0 Å². The van der Waals surface area contributed by atoms with Gasteiger partial charge in [-0.3, -0.25) is 4.68 Å². The SMILES string of the molecule is [N-]=[N+]=NCc1ccn(C2CC2)n1. The van der Waals surface area contributed by atoms with E-state index in [0.29, 0.717) is 12.6 Å². The third kappa shape index (κ3) is 1.40. The molecule has 0 atom stereocenters. The molecule has 0 amide bonds. The summed E-state index contributed by atoms with van der Waals surface area (Å²) in [6.07, 6.45) is 4.39. The Morgan fingerprint density at radius 1 is 1.75 bits per heavy atom. The maximum Gasteiger partial charge on any atom is 0.0702 e. The van der Waals surface area contributed by atoms with E-state index in [1.807, 2.05) is 16.9 Å². The Hall–Kier alpha value is -1.48. The van der Waals surface area contributed by atoms with Gasteiger partial charge in [-0.2, -0.15) is 5.10 Å². The molecule has 5 nitrogen and oxygen atoms in total. The zero-order valence-electron chi connectivity index (χ0n) is 6.59. The first-order valence-electron chi connectivity index (χ1n) is 3.95. The molecule has 1 aliphatic rings. The molecule has 0 N–H and O–H groups in total. The van der Waals surface area contributed by atoms with Crippen molar-refractivity contribution in [2.45, 2.75) is 25.4 Å². The highest BCUT2D eigenvalue weighted by atomic mass is 15.3. The van der Waals surface area contributed by atoms with Crippen molar-refractivity contribution in [2.24, 2.45) is 5.11 Å². The fraction of sp³-hybridized carbons (Fsp3) is 0.571. The fourth-order valence-electron chi connectivity index (χ4n) is 1.11. The molecule has 5 heteroatoms. The van der Waals surface area contributed by atoms with E-state index in [0.717, 1.165) is 5.69 Å². The molecule has 1 aromatic heterocycles. The van der Waals surface area contributed by atoms with Crippen LogP contribution < -0.4 is 0 Å². The first-order chi connectivity index (χ1) is 5.90. The standard InChI is InChI=1S/C7H9N5/c8-11-9-5-6-3-4-12(10-6)7-1-2-7/h3-4,7H,1-2,5H2. The number of hydrogen-bond donors (Lipinski definition) is 0. The van der Waals surface area contributed by atoms with E-state index < -0.39 is 0 Å². The summed E-state index contributed by atoms with van der Waals surface area (Å²) in [7, 11) is 0. The topological polar surface area (TPSA) is 66.6 Å². The van der Waals surface area contributed by atoms with Gasteiger partial charge in [0.2, 0.25) is 0 Å². The minimum absolute atomic E-state index is 0.357. The molecule has 1 fully saturated rings. The smallest absolute Gasteiger partial charge is 0.0702 e. The monoisotopic (exact) mass is 163 g/mol. The van der Waals surface area contributed by atoms with Crippen LogP contribution >= 0.6 is 0 Å². The van der Waals surface area contributed by atoms with Crippen LogP contribution in [0.2, 0.25) is 0 Å². The zero-order valence-corrected chi connectivity index (χ0v) is 6.59. The van der Waals surface area contributed by atoms with E-state index in [4.69, 9.17) is 5.53 Å². The van der Waals surface area contributed by atoms with Gasteiger partial charge in [0.25, 0.3) is 0 Å². The molecule has 0 spiro atoms. The van der Waals surface area contributed by atoms with Gasteiger partial charge < -0.3 is 0 Å².